The molecule has 0 radical (unpaired) electrons. The van der Waals surface area contributed by atoms with Crippen molar-refractivity contribution in [3.05, 3.63) is 137 Å². The molecule has 0 aliphatic carbocycles. The minimum absolute atomic E-state index is 0.158. The Balaban J connectivity index is 1.40. The molecule has 2 heterocycles. The zero-order chi connectivity index (χ0) is 26.6. The molecule has 1 aliphatic rings. The number of aromatic nitrogens is 1. The Kier molecular flexibility index (Phi) is 6.96. The number of rotatable bonds is 8. The monoisotopic (exact) mass is 516 g/mol. The van der Waals surface area contributed by atoms with Gasteiger partial charge in [0.05, 0.1) is 6.61 Å². The highest BCUT2D eigenvalue weighted by Crippen LogP contribution is 2.45. The zero-order valence-electron chi connectivity index (χ0n) is 21.7. The molecule has 1 aromatic heterocycles. The molecule has 39 heavy (non-hydrogen) atoms. The van der Waals surface area contributed by atoms with E-state index in [1.165, 1.54) is 23.1 Å². The third-order valence-corrected chi connectivity index (χ3v) is 7.06. The van der Waals surface area contributed by atoms with Gasteiger partial charge in [0.25, 0.3) is 0 Å². The summed E-state index contributed by atoms with van der Waals surface area (Å²) in [7, 11) is 0. The van der Waals surface area contributed by atoms with Crippen molar-refractivity contribution in [1.29, 1.82) is 0 Å². The minimum atomic E-state index is -0.260. The number of para-hydroxylation sites is 2. The average Bonchev–Trinajstić information content (AvgIpc) is 3.39. The van der Waals surface area contributed by atoms with Gasteiger partial charge in [0.1, 0.15) is 23.1 Å². The lowest BCUT2D eigenvalue weighted by Crippen LogP contribution is -2.17. The molecule has 0 amide bonds. The maximum absolute atomic E-state index is 13.9. The highest BCUT2D eigenvalue weighted by molar-refractivity contribution is 5.94. The number of nitrogens with one attached hydrogen (secondary N) is 1. The van der Waals surface area contributed by atoms with Crippen LogP contribution in [0.2, 0.25) is 0 Å². The molecule has 6 rings (SSSR count). The van der Waals surface area contributed by atoms with Gasteiger partial charge >= 0.3 is 0 Å². The largest absolute Gasteiger partial charge is 0.494 e. The molecule has 1 atom stereocenters. The maximum atomic E-state index is 13.9. The van der Waals surface area contributed by atoms with Crippen LogP contribution in [0.5, 0.6) is 11.5 Å². The summed E-state index contributed by atoms with van der Waals surface area (Å²) in [5.74, 6) is 1.91. The normalized spacial score (nSPS) is 15.0. The molecule has 5 aromatic rings. The predicted octanol–water partition coefficient (Wildman–Crippen LogP) is 7.95. The van der Waals surface area contributed by atoms with Crippen LogP contribution < -0.4 is 9.47 Å². The first-order valence-corrected chi connectivity index (χ1v) is 13.3. The first-order valence-electron chi connectivity index (χ1n) is 13.3. The molecule has 5 heteroatoms. The van der Waals surface area contributed by atoms with E-state index in [1.54, 1.807) is 0 Å². The number of benzene rings is 4. The summed E-state index contributed by atoms with van der Waals surface area (Å²) in [4.78, 5) is 8.23. The van der Waals surface area contributed by atoms with Crippen LogP contribution in [-0.4, -0.2) is 24.4 Å². The number of fused-ring (bicyclic) bond motifs is 2. The van der Waals surface area contributed by atoms with Crippen molar-refractivity contribution in [2.45, 2.75) is 19.3 Å². The van der Waals surface area contributed by atoms with Gasteiger partial charge in [0, 0.05) is 52.5 Å². The smallest absolute Gasteiger partial charge is 0.140 e. The number of aromatic amines is 1. The Morgan fingerprint density at radius 1 is 0.923 bits per heavy atom. The fourth-order valence-corrected chi connectivity index (χ4v) is 5.21. The van der Waals surface area contributed by atoms with E-state index in [0.29, 0.717) is 13.2 Å². The number of halogens is 1. The maximum Gasteiger partial charge on any atom is 0.140 e. The summed E-state index contributed by atoms with van der Waals surface area (Å²) >= 11 is 0. The molecular formula is C34H29FN2O2. The van der Waals surface area contributed by atoms with Crippen molar-refractivity contribution in [3.63, 3.8) is 0 Å². The minimum Gasteiger partial charge on any atom is -0.494 e. The van der Waals surface area contributed by atoms with Crippen molar-refractivity contribution >= 4 is 22.9 Å². The number of ether oxygens (including phenoxy) is 2. The first kappa shape index (κ1) is 24.7. The molecule has 0 saturated heterocycles. The SMILES string of the molecule is CCOc1ccc(C2=C(C=NCCc3c[nH]c4ccccc34)C(c3ccc(F)cc3)c3ccccc3O2)cc1. The van der Waals surface area contributed by atoms with E-state index >= 15 is 0 Å². The van der Waals surface area contributed by atoms with Gasteiger partial charge < -0.3 is 14.5 Å². The number of H-pyrrole nitrogens is 1. The molecule has 1 aliphatic heterocycles. The third kappa shape index (κ3) is 5.08. The van der Waals surface area contributed by atoms with Gasteiger partial charge in [-0.2, -0.15) is 0 Å². The van der Waals surface area contributed by atoms with Gasteiger partial charge in [-0.1, -0.05) is 48.5 Å². The van der Waals surface area contributed by atoms with Gasteiger partial charge in [0.2, 0.25) is 0 Å². The second-order valence-electron chi connectivity index (χ2n) is 9.51. The molecule has 4 aromatic carbocycles. The summed E-state index contributed by atoms with van der Waals surface area (Å²) in [5.41, 5.74) is 6.24. The lowest BCUT2D eigenvalue weighted by atomic mass is 9.81. The van der Waals surface area contributed by atoms with Crippen LogP contribution in [-0.2, 0) is 6.42 Å². The van der Waals surface area contributed by atoms with E-state index in [2.05, 4.69) is 35.4 Å². The lowest BCUT2D eigenvalue weighted by molar-refractivity contribution is 0.340. The molecule has 194 valence electrons. The van der Waals surface area contributed by atoms with E-state index < -0.39 is 0 Å². The Hall–Kier alpha value is -4.64. The molecular weight excluding hydrogens is 487 g/mol. The summed E-state index contributed by atoms with van der Waals surface area (Å²) in [6, 6.07) is 31.0. The highest BCUT2D eigenvalue weighted by Gasteiger charge is 2.31. The standard InChI is InChI=1S/C34H29FN2O2/c1-2-38-27-17-13-24(14-18-27)34-30(22-36-20-19-25-21-37-31-9-5-3-7-28(25)31)33(23-11-15-26(35)16-12-23)29-8-4-6-10-32(29)39-34/h3-18,21-22,33,37H,2,19-20H2,1H3. The molecule has 0 spiro atoms. The highest BCUT2D eigenvalue weighted by atomic mass is 19.1. The van der Waals surface area contributed by atoms with Crippen molar-refractivity contribution in [2.75, 3.05) is 13.2 Å². The summed E-state index contributed by atoms with van der Waals surface area (Å²) in [6.07, 6.45) is 4.81. The Morgan fingerprint density at radius 2 is 1.69 bits per heavy atom. The van der Waals surface area contributed by atoms with Gasteiger partial charge in [-0.15, -0.1) is 0 Å². The van der Waals surface area contributed by atoms with Crippen LogP contribution in [0.4, 0.5) is 4.39 Å². The Labute approximate surface area is 227 Å². The van der Waals surface area contributed by atoms with Crippen LogP contribution in [0, 0.1) is 5.82 Å². The average molecular weight is 517 g/mol. The van der Waals surface area contributed by atoms with Crippen LogP contribution in [0.15, 0.2) is 114 Å². The van der Waals surface area contributed by atoms with E-state index in [1.807, 2.05) is 73.8 Å². The Bertz CT molecular complexity index is 1650. The van der Waals surface area contributed by atoms with Gasteiger partial charge in [0.15, 0.2) is 0 Å². The fourth-order valence-electron chi connectivity index (χ4n) is 5.21. The quantitative estimate of drug-likeness (QED) is 0.213. The summed E-state index contributed by atoms with van der Waals surface area (Å²) in [5, 5.41) is 1.22. The number of nitrogens with zero attached hydrogens (tertiary/aromatic N) is 1. The van der Waals surface area contributed by atoms with E-state index in [0.717, 1.165) is 51.5 Å². The van der Waals surface area contributed by atoms with E-state index in [-0.39, 0.29) is 11.7 Å². The van der Waals surface area contributed by atoms with Crippen molar-refractivity contribution in [1.82, 2.24) is 4.98 Å². The molecule has 0 bridgehead atoms. The van der Waals surface area contributed by atoms with Crippen LogP contribution in [0.25, 0.3) is 16.7 Å². The second kappa shape index (κ2) is 11.0. The van der Waals surface area contributed by atoms with Crippen LogP contribution >= 0.6 is 0 Å². The molecule has 4 nitrogen and oxygen atoms in total. The van der Waals surface area contributed by atoms with E-state index in [4.69, 9.17) is 14.5 Å². The Morgan fingerprint density at radius 3 is 2.51 bits per heavy atom. The molecule has 1 unspecified atom stereocenters. The van der Waals surface area contributed by atoms with Gasteiger partial charge in [-0.25, -0.2) is 4.39 Å². The topological polar surface area (TPSA) is 46.6 Å². The number of hydrogen-bond donors (Lipinski definition) is 1. The zero-order valence-corrected chi connectivity index (χ0v) is 21.7. The molecule has 1 N–H and O–H groups in total. The van der Waals surface area contributed by atoms with Crippen LogP contribution in [0.1, 0.15) is 35.1 Å². The van der Waals surface area contributed by atoms with Gasteiger partial charge in [-0.05, 0) is 73.0 Å². The van der Waals surface area contributed by atoms with Crippen molar-refractivity contribution in [2.24, 2.45) is 4.99 Å². The van der Waals surface area contributed by atoms with Crippen molar-refractivity contribution < 1.29 is 13.9 Å². The van der Waals surface area contributed by atoms with E-state index in [9.17, 15) is 4.39 Å². The number of allylic oxidation sites excluding steroid dienone is 1. The predicted molar refractivity (Wildman–Crippen MR) is 155 cm³/mol. The number of aliphatic imine (C=N–C) groups is 1. The second-order valence-corrected chi connectivity index (χ2v) is 9.51. The van der Waals surface area contributed by atoms with Gasteiger partial charge in [-0.3, -0.25) is 4.99 Å². The van der Waals surface area contributed by atoms with Crippen LogP contribution in [0.3, 0.4) is 0 Å². The third-order valence-electron chi connectivity index (χ3n) is 7.06. The lowest BCUT2D eigenvalue weighted by Gasteiger charge is -2.30. The number of hydrogen-bond acceptors (Lipinski definition) is 3. The molecule has 0 fully saturated rings. The molecule has 0 saturated carbocycles. The first-order chi connectivity index (χ1) is 19.2. The summed E-state index contributed by atoms with van der Waals surface area (Å²) in [6.45, 7) is 3.20. The van der Waals surface area contributed by atoms with Crippen molar-refractivity contribution in [3.8, 4) is 11.5 Å². The summed E-state index contributed by atoms with van der Waals surface area (Å²) < 4.78 is 26.1. The fraction of sp³-hybridized carbons (Fsp3) is 0.147.